The van der Waals surface area contributed by atoms with E-state index in [1.807, 2.05) is 80.8 Å². The summed E-state index contributed by atoms with van der Waals surface area (Å²) in [7, 11) is 0. The number of amides is 1. The number of nitrogens with one attached hydrogen (secondary N) is 1. The summed E-state index contributed by atoms with van der Waals surface area (Å²) >= 11 is 1.60. The molecule has 0 spiro atoms. The molecule has 0 radical (unpaired) electrons. The summed E-state index contributed by atoms with van der Waals surface area (Å²) in [4.78, 5) is 13.1. The zero-order valence-electron chi connectivity index (χ0n) is 13.1. The molecule has 1 atom stereocenters. The third-order valence-electron chi connectivity index (χ3n) is 2.80. The van der Waals surface area contributed by atoms with Crippen molar-refractivity contribution < 1.29 is 9.53 Å². The molecule has 0 unspecified atom stereocenters. The van der Waals surface area contributed by atoms with Gasteiger partial charge in [-0.1, -0.05) is 48.6 Å². The molecule has 2 aromatic rings. The van der Waals surface area contributed by atoms with Gasteiger partial charge < -0.3 is 10.1 Å². The number of rotatable bonds is 4. The van der Waals surface area contributed by atoms with E-state index in [-0.39, 0.29) is 6.04 Å². The van der Waals surface area contributed by atoms with Gasteiger partial charge in [-0.15, -0.1) is 11.3 Å². The summed E-state index contributed by atoms with van der Waals surface area (Å²) in [5.41, 5.74) is 0.586. The number of carbonyl (C=O) groups is 1. The maximum atomic E-state index is 12.0. The molecule has 0 aliphatic heterocycles. The second-order valence-electron chi connectivity index (χ2n) is 5.91. The molecule has 0 bridgehead atoms. The van der Waals surface area contributed by atoms with Crippen LogP contribution in [-0.2, 0) is 4.74 Å². The molecule has 0 saturated heterocycles. The number of thiophene rings is 1. The fourth-order valence-corrected chi connectivity index (χ4v) is 2.64. The molecule has 1 amide bonds. The van der Waals surface area contributed by atoms with Gasteiger partial charge in [-0.05, 0) is 37.8 Å². The quantitative estimate of drug-likeness (QED) is 0.859. The Hall–Kier alpha value is -2.07. The lowest BCUT2D eigenvalue weighted by molar-refractivity contribution is 0.0515. The first-order chi connectivity index (χ1) is 10.4. The molecular weight excluding hydrogens is 294 g/mol. The number of carbonyl (C=O) groups excluding carboxylic acids is 1. The highest BCUT2D eigenvalue weighted by atomic mass is 32.1. The van der Waals surface area contributed by atoms with Gasteiger partial charge in [0.15, 0.2) is 0 Å². The van der Waals surface area contributed by atoms with Crippen LogP contribution in [-0.4, -0.2) is 11.7 Å². The summed E-state index contributed by atoms with van der Waals surface area (Å²) in [5, 5.41) is 4.90. The van der Waals surface area contributed by atoms with Gasteiger partial charge in [0.25, 0.3) is 0 Å². The standard InChI is InChI=1S/C18H21NO2S/c1-18(2,3)21-17(20)19-15(16-10-7-13-22-16)12-11-14-8-5-4-6-9-14/h4-13,15H,1-3H3,(H,19,20)/b12-11+/t15-/m1/s1. The van der Waals surface area contributed by atoms with Gasteiger partial charge in [-0.3, -0.25) is 0 Å². The Kier molecular flexibility index (Phi) is 5.39. The highest BCUT2D eigenvalue weighted by Crippen LogP contribution is 2.22. The Labute approximate surface area is 135 Å². The average Bonchev–Trinajstić information content (AvgIpc) is 2.96. The van der Waals surface area contributed by atoms with Crippen molar-refractivity contribution in [3.05, 3.63) is 64.4 Å². The molecule has 3 nitrogen and oxygen atoms in total. The minimum Gasteiger partial charge on any atom is -0.444 e. The molecule has 4 heteroatoms. The Balaban J connectivity index is 2.11. The van der Waals surface area contributed by atoms with E-state index in [0.29, 0.717) is 0 Å². The van der Waals surface area contributed by atoms with Crippen LogP contribution in [0.5, 0.6) is 0 Å². The fourth-order valence-electron chi connectivity index (χ4n) is 1.89. The molecule has 0 fully saturated rings. The lowest BCUT2D eigenvalue weighted by atomic mass is 10.1. The predicted octanol–water partition coefficient (Wildman–Crippen LogP) is 5.03. The van der Waals surface area contributed by atoms with E-state index < -0.39 is 11.7 Å². The minimum atomic E-state index is -0.507. The molecule has 1 aromatic heterocycles. The summed E-state index contributed by atoms with van der Waals surface area (Å²) in [6, 6.07) is 13.8. The maximum Gasteiger partial charge on any atom is 0.408 e. The van der Waals surface area contributed by atoms with Crippen molar-refractivity contribution in [1.29, 1.82) is 0 Å². The van der Waals surface area contributed by atoms with E-state index >= 15 is 0 Å². The van der Waals surface area contributed by atoms with Crippen molar-refractivity contribution in [2.75, 3.05) is 0 Å². The third-order valence-corrected chi connectivity index (χ3v) is 3.76. The molecule has 22 heavy (non-hydrogen) atoms. The first-order valence-electron chi connectivity index (χ1n) is 7.20. The summed E-state index contributed by atoms with van der Waals surface area (Å²) in [5.74, 6) is 0. The van der Waals surface area contributed by atoms with Crippen molar-refractivity contribution >= 4 is 23.5 Å². The number of alkyl carbamates (subject to hydrolysis) is 1. The van der Waals surface area contributed by atoms with Crippen LogP contribution in [0, 0.1) is 0 Å². The van der Waals surface area contributed by atoms with Crippen LogP contribution in [0.4, 0.5) is 4.79 Å². The summed E-state index contributed by atoms with van der Waals surface area (Å²) in [6.45, 7) is 5.56. The first-order valence-corrected chi connectivity index (χ1v) is 8.08. The first kappa shape index (κ1) is 16.3. The topological polar surface area (TPSA) is 38.3 Å². The second-order valence-corrected chi connectivity index (χ2v) is 6.89. The van der Waals surface area contributed by atoms with Crippen molar-refractivity contribution in [1.82, 2.24) is 5.32 Å². The van der Waals surface area contributed by atoms with Gasteiger partial charge in [-0.25, -0.2) is 4.79 Å². The van der Waals surface area contributed by atoms with E-state index in [1.165, 1.54) is 0 Å². The lowest BCUT2D eigenvalue weighted by Crippen LogP contribution is -2.34. The molecule has 116 valence electrons. The molecular formula is C18H21NO2S. The summed E-state index contributed by atoms with van der Waals surface area (Å²) in [6.07, 6.45) is 3.57. The molecule has 0 saturated carbocycles. The molecule has 1 N–H and O–H groups in total. The SMILES string of the molecule is CC(C)(C)OC(=O)N[C@H](/C=C/c1ccccc1)c1cccs1. The molecule has 2 rings (SSSR count). The lowest BCUT2D eigenvalue weighted by Gasteiger charge is -2.22. The Morgan fingerprint density at radius 1 is 1.18 bits per heavy atom. The highest BCUT2D eigenvalue weighted by molar-refractivity contribution is 7.10. The minimum absolute atomic E-state index is 0.199. The van der Waals surface area contributed by atoms with Gasteiger partial charge >= 0.3 is 6.09 Å². The molecule has 1 heterocycles. The van der Waals surface area contributed by atoms with E-state index in [0.717, 1.165) is 10.4 Å². The van der Waals surface area contributed by atoms with Gasteiger partial charge in [0, 0.05) is 4.88 Å². The van der Waals surface area contributed by atoms with Crippen molar-refractivity contribution in [2.45, 2.75) is 32.4 Å². The van der Waals surface area contributed by atoms with E-state index in [4.69, 9.17) is 4.74 Å². The third kappa shape index (κ3) is 5.37. The van der Waals surface area contributed by atoms with Gasteiger partial charge in [0.1, 0.15) is 5.60 Å². The zero-order chi connectivity index (χ0) is 16.0. The van der Waals surface area contributed by atoms with Crippen LogP contribution >= 0.6 is 11.3 Å². The van der Waals surface area contributed by atoms with Crippen LogP contribution in [0.2, 0.25) is 0 Å². The second kappa shape index (κ2) is 7.27. The number of hydrogen-bond acceptors (Lipinski definition) is 3. The van der Waals surface area contributed by atoms with Crippen molar-refractivity contribution in [3.63, 3.8) is 0 Å². The maximum absolute atomic E-state index is 12.0. The predicted molar refractivity (Wildman–Crippen MR) is 91.9 cm³/mol. The van der Waals surface area contributed by atoms with E-state index in [9.17, 15) is 4.79 Å². The van der Waals surface area contributed by atoms with Crippen molar-refractivity contribution in [2.24, 2.45) is 0 Å². The smallest absolute Gasteiger partial charge is 0.408 e. The Morgan fingerprint density at radius 2 is 1.91 bits per heavy atom. The number of ether oxygens (including phenoxy) is 1. The Bertz CT molecular complexity index is 612. The molecule has 0 aliphatic rings. The van der Waals surface area contributed by atoms with Crippen LogP contribution in [0.3, 0.4) is 0 Å². The van der Waals surface area contributed by atoms with Gasteiger partial charge in [0.05, 0.1) is 6.04 Å². The van der Waals surface area contributed by atoms with Crippen LogP contribution in [0.1, 0.15) is 37.3 Å². The summed E-state index contributed by atoms with van der Waals surface area (Å²) < 4.78 is 5.34. The monoisotopic (exact) mass is 315 g/mol. The largest absolute Gasteiger partial charge is 0.444 e. The molecule has 0 aliphatic carbocycles. The van der Waals surface area contributed by atoms with Gasteiger partial charge in [-0.2, -0.15) is 0 Å². The van der Waals surface area contributed by atoms with E-state index in [1.54, 1.807) is 11.3 Å². The highest BCUT2D eigenvalue weighted by Gasteiger charge is 2.19. The zero-order valence-corrected chi connectivity index (χ0v) is 13.9. The Morgan fingerprint density at radius 3 is 2.50 bits per heavy atom. The normalized spacial score (nSPS) is 13.0. The molecule has 1 aromatic carbocycles. The average molecular weight is 315 g/mol. The number of benzene rings is 1. The van der Waals surface area contributed by atoms with Crippen LogP contribution in [0.25, 0.3) is 6.08 Å². The fraction of sp³-hybridized carbons (Fsp3) is 0.278. The van der Waals surface area contributed by atoms with Crippen molar-refractivity contribution in [3.8, 4) is 0 Å². The van der Waals surface area contributed by atoms with Gasteiger partial charge in [0.2, 0.25) is 0 Å². The van der Waals surface area contributed by atoms with Crippen LogP contribution < -0.4 is 5.32 Å². The van der Waals surface area contributed by atoms with E-state index in [2.05, 4.69) is 5.32 Å². The van der Waals surface area contributed by atoms with Crippen LogP contribution in [0.15, 0.2) is 53.9 Å². The number of hydrogen-bond donors (Lipinski definition) is 1.